The molecule has 0 N–H and O–H groups in total. The molecule has 0 saturated heterocycles. The van der Waals surface area contributed by atoms with E-state index in [2.05, 4.69) is 72.8 Å². The highest BCUT2D eigenvalue weighted by atomic mass is 127. The van der Waals surface area contributed by atoms with Gasteiger partial charge in [-0.05, 0) is 29.3 Å². The van der Waals surface area contributed by atoms with Gasteiger partial charge >= 0.3 is 26.7 Å². The molecular formula is C19H12F3IO3S. The molecule has 0 unspecified atom stereocenters. The lowest BCUT2D eigenvalue weighted by Crippen LogP contribution is -3.61. The highest BCUT2D eigenvalue weighted by Gasteiger charge is 2.37. The van der Waals surface area contributed by atoms with Gasteiger partial charge in [0.2, 0.25) is 7.14 Å². The largest absolute Gasteiger partial charge is 0.741 e. The quantitative estimate of drug-likeness (QED) is 0.225. The van der Waals surface area contributed by atoms with Crippen LogP contribution in [0, 0.1) is 7.14 Å². The molecule has 4 rings (SSSR count). The van der Waals surface area contributed by atoms with Gasteiger partial charge in [-0.15, -0.1) is 0 Å². The molecule has 0 radical (unpaired) electrons. The predicted octanol–water partition coefficient (Wildman–Crippen LogP) is 1.51. The first-order valence-corrected chi connectivity index (χ1v) is 11.2. The van der Waals surface area contributed by atoms with E-state index >= 15 is 0 Å². The Morgan fingerprint density at radius 3 is 1.93 bits per heavy atom. The van der Waals surface area contributed by atoms with E-state index in [-0.39, 0.29) is 21.2 Å². The van der Waals surface area contributed by atoms with Crippen molar-refractivity contribution in [3.05, 3.63) is 79.9 Å². The normalized spacial score (nSPS) is 12.6. The van der Waals surface area contributed by atoms with E-state index in [1.54, 1.807) is 7.14 Å². The Kier molecular flexibility index (Phi) is 5.59. The third kappa shape index (κ3) is 4.50. The van der Waals surface area contributed by atoms with Gasteiger partial charge < -0.3 is 4.55 Å². The fraction of sp³-hybridized carbons (Fsp3) is 0.0526. The van der Waals surface area contributed by atoms with Gasteiger partial charge in [0.15, 0.2) is 10.1 Å². The maximum absolute atomic E-state index is 10.7. The second kappa shape index (κ2) is 7.61. The van der Waals surface area contributed by atoms with Crippen LogP contribution in [0.4, 0.5) is 13.2 Å². The minimum absolute atomic E-state index is 0.00595. The molecule has 140 valence electrons. The SMILES string of the molecule is O=S(=O)([O-])C(F)(F)F.c1ccc(-c2ccc3c(c2)[I+]c2ccccc2-3)cc1. The zero-order chi connectivity index (χ0) is 19.7. The Labute approximate surface area is 164 Å². The molecule has 3 aromatic carbocycles. The highest BCUT2D eigenvalue weighted by molar-refractivity contribution is 7.86. The average molecular weight is 504 g/mol. The molecule has 0 fully saturated rings. The molecule has 1 heterocycles. The lowest BCUT2D eigenvalue weighted by Gasteiger charge is -2.08. The second-order valence-electron chi connectivity index (χ2n) is 5.53. The van der Waals surface area contributed by atoms with Crippen LogP contribution in [0.15, 0.2) is 72.8 Å². The van der Waals surface area contributed by atoms with Crippen molar-refractivity contribution in [2.75, 3.05) is 0 Å². The summed E-state index contributed by atoms with van der Waals surface area (Å²) < 4.78 is 62.0. The number of rotatable bonds is 1. The highest BCUT2D eigenvalue weighted by Crippen LogP contribution is 2.26. The Morgan fingerprint density at radius 2 is 1.30 bits per heavy atom. The van der Waals surface area contributed by atoms with Crippen molar-refractivity contribution in [1.29, 1.82) is 0 Å². The molecule has 0 bridgehead atoms. The van der Waals surface area contributed by atoms with Gasteiger partial charge in [0.25, 0.3) is 0 Å². The summed E-state index contributed by atoms with van der Waals surface area (Å²) in [5.41, 5.74) is -0.0994. The van der Waals surface area contributed by atoms with Gasteiger partial charge in [-0.1, -0.05) is 48.5 Å². The molecule has 3 aromatic rings. The first-order valence-electron chi connectivity index (χ1n) is 7.63. The van der Waals surface area contributed by atoms with Gasteiger partial charge in [0, 0.05) is 17.2 Å². The van der Waals surface area contributed by atoms with Crippen molar-refractivity contribution in [1.82, 2.24) is 0 Å². The van der Waals surface area contributed by atoms with Crippen LogP contribution >= 0.6 is 0 Å². The van der Waals surface area contributed by atoms with Gasteiger partial charge in [-0.3, -0.25) is 0 Å². The van der Waals surface area contributed by atoms with E-state index in [1.165, 1.54) is 22.3 Å². The van der Waals surface area contributed by atoms with Crippen LogP contribution in [-0.2, 0) is 10.1 Å². The lowest BCUT2D eigenvalue weighted by molar-refractivity contribution is -0.589. The molecule has 1 aliphatic heterocycles. The fourth-order valence-electron chi connectivity index (χ4n) is 2.49. The fourth-order valence-corrected chi connectivity index (χ4v) is 5.52. The van der Waals surface area contributed by atoms with Crippen molar-refractivity contribution in [2.24, 2.45) is 0 Å². The minimum atomic E-state index is -6.09. The number of hydrogen-bond donors (Lipinski definition) is 0. The van der Waals surface area contributed by atoms with E-state index < -0.39 is 15.6 Å². The average Bonchev–Trinajstić information content (AvgIpc) is 2.99. The molecule has 0 amide bonds. The summed E-state index contributed by atoms with van der Waals surface area (Å²) in [6.45, 7) is 0. The maximum atomic E-state index is 10.7. The van der Waals surface area contributed by atoms with Crippen LogP contribution < -0.4 is 21.2 Å². The van der Waals surface area contributed by atoms with E-state index in [1.807, 2.05) is 0 Å². The predicted molar refractivity (Wildman–Crippen MR) is 90.5 cm³/mol. The van der Waals surface area contributed by atoms with E-state index in [9.17, 15) is 13.2 Å². The first kappa shape index (κ1) is 19.8. The topological polar surface area (TPSA) is 57.2 Å². The van der Waals surface area contributed by atoms with Crippen LogP contribution in [-0.4, -0.2) is 18.5 Å². The van der Waals surface area contributed by atoms with Crippen molar-refractivity contribution >= 4 is 10.1 Å². The molecule has 0 atom stereocenters. The summed E-state index contributed by atoms with van der Waals surface area (Å²) >= 11 is -0.00595. The monoisotopic (exact) mass is 504 g/mol. The third-order valence-corrected chi connectivity index (χ3v) is 7.29. The van der Waals surface area contributed by atoms with Crippen molar-refractivity contribution in [3.63, 3.8) is 0 Å². The molecule has 0 saturated carbocycles. The number of alkyl halides is 3. The van der Waals surface area contributed by atoms with Crippen molar-refractivity contribution in [2.45, 2.75) is 5.51 Å². The molecule has 0 spiro atoms. The summed E-state index contributed by atoms with van der Waals surface area (Å²) in [4.78, 5) is 0. The molecule has 27 heavy (non-hydrogen) atoms. The number of fused-ring (bicyclic) bond motifs is 3. The summed E-state index contributed by atoms with van der Waals surface area (Å²) in [5.74, 6) is 0. The molecule has 1 aliphatic rings. The Hall–Kier alpha value is -1.91. The van der Waals surface area contributed by atoms with Crippen LogP contribution in [0.25, 0.3) is 22.3 Å². The number of hydrogen-bond acceptors (Lipinski definition) is 3. The number of benzene rings is 3. The van der Waals surface area contributed by atoms with Crippen LogP contribution in [0.3, 0.4) is 0 Å². The Bertz CT molecular complexity index is 1070. The van der Waals surface area contributed by atoms with Gasteiger partial charge in [0.05, 0.1) is 0 Å². The number of halogens is 4. The van der Waals surface area contributed by atoms with E-state index in [0.29, 0.717) is 0 Å². The van der Waals surface area contributed by atoms with Crippen LogP contribution in [0.2, 0.25) is 0 Å². The minimum Gasteiger partial charge on any atom is -0.741 e. The van der Waals surface area contributed by atoms with Crippen molar-refractivity contribution in [3.8, 4) is 22.3 Å². The van der Waals surface area contributed by atoms with E-state index in [4.69, 9.17) is 13.0 Å². The molecule has 0 aromatic heterocycles. The Morgan fingerprint density at radius 1 is 0.741 bits per heavy atom. The summed E-state index contributed by atoms with van der Waals surface area (Å²) in [6.07, 6.45) is 0. The zero-order valence-electron chi connectivity index (χ0n) is 13.6. The smallest absolute Gasteiger partial charge is 0.485 e. The van der Waals surface area contributed by atoms with E-state index in [0.717, 1.165) is 0 Å². The van der Waals surface area contributed by atoms with Crippen LogP contribution in [0.5, 0.6) is 0 Å². The molecule has 3 nitrogen and oxygen atoms in total. The standard InChI is InChI=1S/C18H12I.CHF3O3S/c1-2-6-13(7-3-1)14-10-11-16-15-8-4-5-9-17(15)19-18(16)12-14;2-1(3,4)8(5,6)7/h1-12H;(H,5,6,7)/q+1;/p-1. The van der Waals surface area contributed by atoms with Gasteiger partial charge in [-0.25, -0.2) is 8.42 Å². The first-order chi connectivity index (χ1) is 12.7. The molecule has 0 aliphatic carbocycles. The van der Waals surface area contributed by atoms with Crippen LogP contribution in [0.1, 0.15) is 0 Å². The van der Waals surface area contributed by atoms with Gasteiger partial charge in [0.1, 0.15) is 0 Å². The summed E-state index contributed by atoms with van der Waals surface area (Å²) in [6, 6.07) is 26.4. The lowest BCUT2D eigenvalue weighted by atomic mass is 10.0. The Balaban J connectivity index is 0.000000226. The second-order valence-corrected chi connectivity index (χ2v) is 9.77. The molecular weight excluding hydrogens is 492 g/mol. The summed E-state index contributed by atoms with van der Waals surface area (Å²) in [5, 5.41) is 0. The third-order valence-electron chi connectivity index (χ3n) is 3.73. The summed E-state index contributed by atoms with van der Waals surface area (Å²) in [7, 11) is -6.09. The van der Waals surface area contributed by atoms with Crippen molar-refractivity contribution < 1.29 is 47.3 Å². The maximum Gasteiger partial charge on any atom is 0.485 e. The molecule has 8 heteroatoms. The zero-order valence-corrected chi connectivity index (χ0v) is 16.5. The van der Waals surface area contributed by atoms with Gasteiger partial charge in [-0.2, -0.15) is 13.2 Å².